The highest BCUT2D eigenvalue weighted by Crippen LogP contribution is 2.35. The third kappa shape index (κ3) is 2.00. The van der Waals surface area contributed by atoms with Crippen molar-refractivity contribution >= 4 is 0 Å². The number of H-pyrrole nitrogens is 1. The van der Waals surface area contributed by atoms with Crippen LogP contribution in [0.25, 0.3) is 34.3 Å². The largest absolute Gasteiger partial charge is 0.507 e. The van der Waals surface area contributed by atoms with Crippen molar-refractivity contribution in [3.05, 3.63) is 61.1 Å². The van der Waals surface area contributed by atoms with E-state index in [1.54, 1.807) is 36.8 Å². The van der Waals surface area contributed by atoms with Crippen molar-refractivity contribution < 1.29 is 13.9 Å². The van der Waals surface area contributed by atoms with Crippen LogP contribution in [0.1, 0.15) is 0 Å². The van der Waals surface area contributed by atoms with Gasteiger partial charge in [0.05, 0.1) is 18.1 Å². The number of para-hydroxylation sites is 1. The molecule has 0 bridgehead atoms. The highest BCUT2D eigenvalue weighted by molar-refractivity contribution is 5.78. The molecule has 108 valence electrons. The minimum atomic E-state index is 0.160. The Labute approximate surface area is 125 Å². The van der Waals surface area contributed by atoms with Crippen LogP contribution >= 0.6 is 0 Å². The fourth-order valence-corrected chi connectivity index (χ4v) is 2.37. The fourth-order valence-electron chi connectivity index (χ4n) is 2.37. The quantitative estimate of drug-likeness (QED) is 0.590. The Kier molecular flexibility index (Phi) is 2.83. The summed E-state index contributed by atoms with van der Waals surface area (Å²) in [5.74, 6) is 1.99. The molecule has 0 fully saturated rings. The molecule has 4 rings (SSSR count). The number of phenolic OH excluding ortho intramolecular Hbond substituents is 1. The summed E-state index contributed by atoms with van der Waals surface area (Å²) >= 11 is 0. The van der Waals surface area contributed by atoms with Gasteiger partial charge in [-0.1, -0.05) is 12.1 Å². The van der Waals surface area contributed by atoms with E-state index in [2.05, 4.69) is 9.97 Å². The molecule has 0 aliphatic heterocycles. The zero-order valence-corrected chi connectivity index (χ0v) is 11.5. The van der Waals surface area contributed by atoms with Crippen LogP contribution in [0.5, 0.6) is 5.75 Å². The van der Waals surface area contributed by atoms with Gasteiger partial charge >= 0.3 is 0 Å². The second-order valence-corrected chi connectivity index (χ2v) is 4.78. The number of aromatic nitrogens is 2. The van der Waals surface area contributed by atoms with Crippen molar-refractivity contribution in [2.24, 2.45) is 0 Å². The van der Waals surface area contributed by atoms with Gasteiger partial charge in [0.15, 0.2) is 11.5 Å². The summed E-state index contributed by atoms with van der Waals surface area (Å²) in [4.78, 5) is 7.78. The summed E-state index contributed by atoms with van der Waals surface area (Å²) in [5, 5.41) is 10.0. The molecule has 2 N–H and O–H groups in total. The molecule has 5 heteroatoms. The first-order valence-corrected chi connectivity index (χ1v) is 6.79. The normalized spacial score (nSPS) is 10.9. The Morgan fingerprint density at radius 1 is 0.864 bits per heavy atom. The third-order valence-electron chi connectivity index (χ3n) is 3.39. The number of aromatic hydroxyl groups is 1. The molecule has 0 saturated heterocycles. The summed E-state index contributed by atoms with van der Waals surface area (Å²) in [5.41, 5.74) is 1.96. The number of hydrogen-bond acceptors (Lipinski definition) is 4. The lowest BCUT2D eigenvalue weighted by atomic mass is 10.2. The van der Waals surface area contributed by atoms with Crippen LogP contribution in [-0.4, -0.2) is 15.1 Å². The van der Waals surface area contributed by atoms with E-state index >= 15 is 0 Å². The molecule has 5 nitrogen and oxygen atoms in total. The molecule has 0 amide bonds. The molecule has 0 radical (unpaired) electrons. The van der Waals surface area contributed by atoms with Gasteiger partial charge in [0.2, 0.25) is 0 Å². The summed E-state index contributed by atoms with van der Waals surface area (Å²) in [7, 11) is 0. The van der Waals surface area contributed by atoms with E-state index in [0.717, 1.165) is 0 Å². The zero-order valence-electron chi connectivity index (χ0n) is 11.5. The molecule has 0 spiro atoms. The molecule has 0 aliphatic carbocycles. The van der Waals surface area contributed by atoms with Gasteiger partial charge in [-0.25, -0.2) is 4.98 Å². The van der Waals surface area contributed by atoms with Gasteiger partial charge in [0, 0.05) is 0 Å². The maximum absolute atomic E-state index is 10.0. The first-order valence-electron chi connectivity index (χ1n) is 6.79. The molecule has 1 aromatic carbocycles. The lowest BCUT2D eigenvalue weighted by molar-refractivity contribution is 0.477. The lowest BCUT2D eigenvalue weighted by Crippen LogP contribution is -1.81. The Bertz CT molecular complexity index is 838. The topological polar surface area (TPSA) is 75.2 Å². The SMILES string of the molecule is Oc1ccccc1-c1nc(-c2ccco2)c(-c2ccco2)[nH]1. The van der Waals surface area contributed by atoms with Crippen molar-refractivity contribution in [1.82, 2.24) is 9.97 Å². The van der Waals surface area contributed by atoms with Crippen LogP contribution in [-0.2, 0) is 0 Å². The van der Waals surface area contributed by atoms with E-state index in [1.165, 1.54) is 0 Å². The average molecular weight is 292 g/mol. The van der Waals surface area contributed by atoms with E-state index in [9.17, 15) is 5.11 Å². The highest BCUT2D eigenvalue weighted by atomic mass is 16.3. The number of benzene rings is 1. The number of aromatic amines is 1. The van der Waals surface area contributed by atoms with E-state index in [0.29, 0.717) is 34.3 Å². The maximum Gasteiger partial charge on any atom is 0.154 e. The molecule has 0 saturated carbocycles. The number of rotatable bonds is 3. The number of phenols is 1. The summed E-state index contributed by atoms with van der Waals surface area (Å²) in [6.07, 6.45) is 3.19. The van der Waals surface area contributed by atoms with Crippen molar-refractivity contribution in [2.75, 3.05) is 0 Å². The predicted octanol–water partition coefficient (Wildman–Crippen LogP) is 4.30. The molecular weight excluding hydrogens is 280 g/mol. The van der Waals surface area contributed by atoms with Crippen LogP contribution in [0.3, 0.4) is 0 Å². The van der Waals surface area contributed by atoms with Crippen LogP contribution < -0.4 is 0 Å². The van der Waals surface area contributed by atoms with Gasteiger partial charge in [-0.2, -0.15) is 0 Å². The maximum atomic E-state index is 10.0. The number of furan rings is 2. The third-order valence-corrected chi connectivity index (χ3v) is 3.39. The summed E-state index contributed by atoms with van der Waals surface area (Å²) in [6, 6.07) is 14.3. The minimum absolute atomic E-state index is 0.160. The molecule has 4 aromatic rings. The van der Waals surface area contributed by atoms with Crippen LogP contribution in [0.4, 0.5) is 0 Å². The smallest absolute Gasteiger partial charge is 0.154 e. The Morgan fingerprint density at radius 3 is 2.27 bits per heavy atom. The number of nitrogens with zero attached hydrogens (tertiary/aromatic N) is 1. The van der Waals surface area contributed by atoms with Crippen LogP contribution in [0.15, 0.2) is 69.9 Å². The Balaban J connectivity index is 1.93. The fraction of sp³-hybridized carbons (Fsp3) is 0. The zero-order chi connectivity index (χ0) is 14.9. The second kappa shape index (κ2) is 4.96. The molecule has 22 heavy (non-hydrogen) atoms. The predicted molar refractivity (Wildman–Crippen MR) is 81.1 cm³/mol. The average Bonchev–Trinajstić information content (AvgIpc) is 3.27. The van der Waals surface area contributed by atoms with Crippen molar-refractivity contribution in [1.29, 1.82) is 0 Å². The van der Waals surface area contributed by atoms with E-state index < -0.39 is 0 Å². The van der Waals surface area contributed by atoms with Gasteiger partial charge in [-0.3, -0.25) is 0 Å². The first kappa shape index (κ1) is 12.5. The van der Waals surface area contributed by atoms with E-state index in [4.69, 9.17) is 8.83 Å². The van der Waals surface area contributed by atoms with Gasteiger partial charge < -0.3 is 18.9 Å². The summed E-state index contributed by atoms with van der Waals surface area (Å²) in [6.45, 7) is 0. The van der Waals surface area contributed by atoms with Gasteiger partial charge in [-0.05, 0) is 36.4 Å². The molecule has 0 unspecified atom stereocenters. The number of hydrogen-bond donors (Lipinski definition) is 2. The molecular formula is C17H12N2O3. The van der Waals surface area contributed by atoms with Gasteiger partial charge in [0.1, 0.15) is 23.0 Å². The van der Waals surface area contributed by atoms with E-state index in [1.807, 2.05) is 24.3 Å². The summed E-state index contributed by atoms with van der Waals surface area (Å²) < 4.78 is 10.9. The molecule has 3 aromatic heterocycles. The second-order valence-electron chi connectivity index (χ2n) is 4.78. The van der Waals surface area contributed by atoms with Gasteiger partial charge in [-0.15, -0.1) is 0 Å². The molecule has 0 atom stereocenters. The number of nitrogens with one attached hydrogen (secondary N) is 1. The standard InChI is InChI=1S/C17H12N2O3/c20-12-6-2-1-5-11(12)17-18-15(13-7-3-9-21-13)16(19-17)14-8-4-10-22-14/h1-10,20H,(H,18,19). The lowest BCUT2D eigenvalue weighted by Gasteiger charge is -1.99. The van der Waals surface area contributed by atoms with Crippen molar-refractivity contribution in [2.45, 2.75) is 0 Å². The molecule has 0 aliphatic rings. The highest BCUT2D eigenvalue weighted by Gasteiger charge is 2.19. The van der Waals surface area contributed by atoms with Crippen LogP contribution in [0, 0.1) is 0 Å². The molecule has 3 heterocycles. The monoisotopic (exact) mass is 292 g/mol. The number of imidazole rings is 1. The van der Waals surface area contributed by atoms with Crippen LogP contribution in [0.2, 0.25) is 0 Å². The van der Waals surface area contributed by atoms with E-state index in [-0.39, 0.29) is 5.75 Å². The van der Waals surface area contributed by atoms with Gasteiger partial charge in [0.25, 0.3) is 0 Å². The van der Waals surface area contributed by atoms with Crippen molar-refractivity contribution in [3.8, 4) is 40.0 Å². The van der Waals surface area contributed by atoms with Crippen molar-refractivity contribution in [3.63, 3.8) is 0 Å². The Hall–Kier alpha value is -3.21. The Morgan fingerprint density at radius 2 is 1.59 bits per heavy atom. The first-order chi connectivity index (χ1) is 10.8. The minimum Gasteiger partial charge on any atom is -0.507 e.